The van der Waals surface area contributed by atoms with E-state index in [2.05, 4.69) is 15.3 Å². The van der Waals surface area contributed by atoms with Crippen LogP contribution in [0, 0.1) is 0 Å². The van der Waals surface area contributed by atoms with E-state index in [0.717, 1.165) is 0 Å². The van der Waals surface area contributed by atoms with Crippen molar-refractivity contribution in [2.24, 2.45) is 7.05 Å². The van der Waals surface area contributed by atoms with Gasteiger partial charge in [-0.25, -0.2) is 4.98 Å². The van der Waals surface area contributed by atoms with Gasteiger partial charge in [0.2, 0.25) is 5.95 Å². The lowest BCUT2D eigenvalue weighted by molar-refractivity contribution is 0.0646. The predicted octanol–water partition coefficient (Wildman–Crippen LogP) is 2.69. The average Bonchev–Trinajstić information content (AvgIpc) is 2.60. The van der Waals surface area contributed by atoms with Crippen LogP contribution in [0.4, 0.5) is 5.95 Å². The van der Waals surface area contributed by atoms with Gasteiger partial charge in [0.05, 0.1) is 11.6 Å². The van der Waals surface area contributed by atoms with E-state index in [9.17, 15) is 9.90 Å². The van der Waals surface area contributed by atoms with Crippen molar-refractivity contribution in [1.82, 2.24) is 14.5 Å². The van der Waals surface area contributed by atoms with Crippen LogP contribution in [0.1, 0.15) is 20.8 Å². The molecule has 0 amide bonds. The van der Waals surface area contributed by atoms with Gasteiger partial charge in [-0.05, 0) is 39.0 Å². The molecule has 3 rings (SSSR count). The minimum atomic E-state index is -0.933. The molecule has 0 aliphatic carbocycles. The highest BCUT2D eigenvalue weighted by Crippen LogP contribution is 2.22. The molecular weight excluding hydrogens is 332 g/mol. The first-order valence-corrected chi connectivity index (χ1v) is 8.34. The second-order valence-corrected chi connectivity index (χ2v) is 6.78. The van der Waals surface area contributed by atoms with E-state index in [0.29, 0.717) is 22.7 Å². The van der Waals surface area contributed by atoms with E-state index in [1.165, 1.54) is 4.57 Å². The maximum atomic E-state index is 12.6. The standard InChI is InChI=1S/C19H22N4O3/c1-12(19(2,3)25)21-18-20-11-13-10-15(17(24)23(4)16(13)22-18)26-14-8-6-5-7-9-14/h5-12,25H,1-4H3,(H,20,21,22)/t12-/m0/s1. The molecule has 26 heavy (non-hydrogen) atoms. The fourth-order valence-corrected chi connectivity index (χ4v) is 2.35. The van der Waals surface area contributed by atoms with Gasteiger partial charge in [-0.15, -0.1) is 0 Å². The fourth-order valence-electron chi connectivity index (χ4n) is 2.35. The number of ether oxygens (including phenoxy) is 1. The van der Waals surface area contributed by atoms with Crippen LogP contribution in [0.2, 0.25) is 0 Å². The van der Waals surface area contributed by atoms with Crippen LogP contribution in [-0.4, -0.2) is 31.3 Å². The molecule has 2 aromatic heterocycles. The van der Waals surface area contributed by atoms with Crippen molar-refractivity contribution in [1.29, 1.82) is 0 Å². The number of nitrogens with zero attached hydrogens (tertiary/aromatic N) is 3. The smallest absolute Gasteiger partial charge is 0.294 e. The zero-order valence-corrected chi connectivity index (χ0v) is 15.2. The Morgan fingerprint density at radius 3 is 2.62 bits per heavy atom. The fraction of sp³-hybridized carbons (Fsp3) is 0.316. The van der Waals surface area contributed by atoms with Crippen molar-refractivity contribution in [3.63, 3.8) is 0 Å². The molecule has 0 aliphatic rings. The lowest BCUT2D eigenvalue weighted by Crippen LogP contribution is -2.39. The molecule has 0 fully saturated rings. The Kier molecular flexibility index (Phi) is 4.65. The molecule has 1 atom stereocenters. The first-order chi connectivity index (χ1) is 12.3. The summed E-state index contributed by atoms with van der Waals surface area (Å²) < 4.78 is 7.13. The number of benzene rings is 1. The number of hydrogen-bond donors (Lipinski definition) is 2. The molecular formula is C19H22N4O3. The van der Waals surface area contributed by atoms with Gasteiger partial charge < -0.3 is 15.2 Å². The number of anilines is 1. The molecule has 0 bridgehead atoms. The third-order valence-corrected chi connectivity index (χ3v) is 4.29. The predicted molar refractivity (Wildman–Crippen MR) is 101 cm³/mol. The zero-order chi connectivity index (χ0) is 18.9. The van der Waals surface area contributed by atoms with Gasteiger partial charge >= 0.3 is 0 Å². The Labute approximate surface area is 151 Å². The quantitative estimate of drug-likeness (QED) is 0.732. The summed E-state index contributed by atoms with van der Waals surface area (Å²) in [4.78, 5) is 21.3. The second kappa shape index (κ2) is 6.76. The molecule has 0 radical (unpaired) electrons. The summed E-state index contributed by atoms with van der Waals surface area (Å²) in [5.41, 5.74) is -0.741. The van der Waals surface area contributed by atoms with Gasteiger partial charge in [-0.2, -0.15) is 4.98 Å². The molecule has 1 aromatic carbocycles. The number of hydrogen-bond acceptors (Lipinski definition) is 6. The molecule has 0 aliphatic heterocycles. The number of aliphatic hydroxyl groups is 1. The molecule has 136 valence electrons. The van der Waals surface area contributed by atoms with Crippen LogP contribution in [0.5, 0.6) is 11.5 Å². The number of rotatable bonds is 5. The van der Waals surface area contributed by atoms with E-state index in [1.807, 2.05) is 25.1 Å². The van der Waals surface area contributed by atoms with E-state index in [4.69, 9.17) is 4.74 Å². The molecule has 7 nitrogen and oxygen atoms in total. The van der Waals surface area contributed by atoms with Crippen LogP contribution >= 0.6 is 0 Å². The Morgan fingerprint density at radius 2 is 1.96 bits per heavy atom. The molecule has 0 spiro atoms. The number of fused-ring (bicyclic) bond motifs is 1. The lowest BCUT2D eigenvalue weighted by atomic mass is 10.0. The molecule has 2 heterocycles. The molecule has 0 saturated carbocycles. The topological polar surface area (TPSA) is 89.3 Å². The Balaban J connectivity index is 1.98. The monoisotopic (exact) mass is 354 g/mol. The summed E-state index contributed by atoms with van der Waals surface area (Å²) in [5, 5.41) is 13.8. The van der Waals surface area contributed by atoms with Crippen molar-refractivity contribution in [3.05, 3.63) is 52.9 Å². The highest BCUT2D eigenvalue weighted by atomic mass is 16.5. The third kappa shape index (κ3) is 3.67. The summed E-state index contributed by atoms with van der Waals surface area (Å²) in [7, 11) is 1.64. The van der Waals surface area contributed by atoms with Gasteiger partial charge in [-0.3, -0.25) is 9.36 Å². The van der Waals surface area contributed by atoms with Crippen molar-refractivity contribution in [2.45, 2.75) is 32.4 Å². The Bertz CT molecular complexity index is 978. The third-order valence-electron chi connectivity index (χ3n) is 4.29. The van der Waals surface area contributed by atoms with Crippen molar-refractivity contribution >= 4 is 17.0 Å². The molecule has 3 aromatic rings. The van der Waals surface area contributed by atoms with Crippen LogP contribution < -0.4 is 15.6 Å². The van der Waals surface area contributed by atoms with Crippen molar-refractivity contribution in [2.75, 3.05) is 5.32 Å². The largest absolute Gasteiger partial charge is 0.452 e. The lowest BCUT2D eigenvalue weighted by Gasteiger charge is -2.26. The number of aromatic nitrogens is 3. The Hall–Kier alpha value is -2.93. The zero-order valence-electron chi connectivity index (χ0n) is 15.2. The molecule has 7 heteroatoms. The highest BCUT2D eigenvalue weighted by molar-refractivity contribution is 5.76. The Morgan fingerprint density at radius 1 is 1.27 bits per heavy atom. The van der Waals surface area contributed by atoms with Gasteiger partial charge in [0.15, 0.2) is 5.75 Å². The van der Waals surface area contributed by atoms with Crippen LogP contribution in [0.25, 0.3) is 11.0 Å². The molecule has 0 saturated heterocycles. The summed E-state index contributed by atoms with van der Waals surface area (Å²) in [6.07, 6.45) is 1.62. The van der Waals surface area contributed by atoms with E-state index >= 15 is 0 Å². The highest BCUT2D eigenvalue weighted by Gasteiger charge is 2.23. The first kappa shape index (κ1) is 17.9. The van der Waals surface area contributed by atoms with Gasteiger partial charge in [0.1, 0.15) is 11.4 Å². The van der Waals surface area contributed by atoms with Crippen LogP contribution in [-0.2, 0) is 7.05 Å². The average molecular weight is 354 g/mol. The van der Waals surface area contributed by atoms with Crippen LogP contribution in [0.15, 0.2) is 47.4 Å². The summed E-state index contributed by atoms with van der Waals surface area (Å²) in [6.45, 7) is 5.24. The summed E-state index contributed by atoms with van der Waals surface area (Å²) in [5.74, 6) is 1.14. The SMILES string of the molecule is C[C@H](Nc1ncc2cc(Oc3ccccc3)c(=O)n(C)c2n1)C(C)(C)O. The van der Waals surface area contributed by atoms with E-state index < -0.39 is 5.60 Å². The van der Waals surface area contributed by atoms with Gasteiger partial charge in [0.25, 0.3) is 5.56 Å². The van der Waals surface area contributed by atoms with Crippen LogP contribution in [0.3, 0.4) is 0 Å². The minimum absolute atomic E-state index is 0.209. The maximum absolute atomic E-state index is 12.6. The van der Waals surface area contributed by atoms with E-state index in [-0.39, 0.29) is 17.4 Å². The summed E-state index contributed by atoms with van der Waals surface area (Å²) in [6, 6.07) is 10.5. The summed E-state index contributed by atoms with van der Waals surface area (Å²) >= 11 is 0. The van der Waals surface area contributed by atoms with E-state index in [1.54, 1.807) is 45.3 Å². The normalized spacial score (nSPS) is 12.8. The maximum Gasteiger partial charge on any atom is 0.294 e. The number of para-hydroxylation sites is 1. The second-order valence-electron chi connectivity index (χ2n) is 6.78. The number of nitrogens with one attached hydrogen (secondary N) is 1. The van der Waals surface area contributed by atoms with Gasteiger partial charge in [-0.1, -0.05) is 18.2 Å². The molecule has 0 unspecified atom stereocenters. The first-order valence-electron chi connectivity index (χ1n) is 8.34. The number of pyridine rings is 1. The number of aryl methyl sites for hydroxylation is 1. The minimum Gasteiger partial charge on any atom is -0.452 e. The van der Waals surface area contributed by atoms with Crippen molar-refractivity contribution in [3.8, 4) is 11.5 Å². The van der Waals surface area contributed by atoms with Gasteiger partial charge in [0, 0.05) is 18.6 Å². The van der Waals surface area contributed by atoms with Crippen molar-refractivity contribution < 1.29 is 9.84 Å². The molecule has 2 N–H and O–H groups in total.